The molecule has 0 spiro atoms. The van der Waals surface area contributed by atoms with Gasteiger partial charge in [0, 0.05) is 25.0 Å². The first-order valence-corrected chi connectivity index (χ1v) is 11.7. The van der Waals surface area contributed by atoms with Gasteiger partial charge in [-0.25, -0.2) is 9.97 Å². The topological polar surface area (TPSA) is 117 Å². The van der Waals surface area contributed by atoms with Gasteiger partial charge in [-0.15, -0.1) is 0 Å². The number of aromatic nitrogens is 2. The van der Waals surface area contributed by atoms with Crippen LogP contribution in [0, 0.1) is 0 Å². The molecule has 5 rings (SSSR count). The van der Waals surface area contributed by atoms with E-state index in [1.165, 1.54) is 6.33 Å². The number of anilines is 5. The molecule has 180 valence electrons. The lowest BCUT2D eigenvalue weighted by Crippen LogP contribution is -2.43. The molecule has 0 saturated carbocycles. The normalized spacial score (nSPS) is 16.9. The fourth-order valence-electron chi connectivity index (χ4n) is 4.28. The fraction of sp³-hybridized carbons (Fsp3) is 0.308. The number of nitrogens with one attached hydrogen (secondary N) is 4. The minimum absolute atomic E-state index is 0.0791. The number of hydrogen-bond acceptors (Lipinski definition) is 7. The van der Waals surface area contributed by atoms with Crippen molar-refractivity contribution in [1.29, 1.82) is 0 Å². The molecule has 9 heteroatoms. The second kappa shape index (κ2) is 9.34. The lowest BCUT2D eigenvalue weighted by Gasteiger charge is -2.26. The summed E-state index contributed by atoms with van der Waals surface area (Å²) in [6.07, 6.45) is 5.20. The van der Waals surface area contributed by atoms with Crippen molar-refractivity contribution in [2.45, 2.75) is 38.2 Å². The van der Waals surface area contributed by atoms with Crippen LogP contribution in [0.1, 0.15) is 42.6 Å². The number of ether oxygens (including phenoxy) is 1. The lowest BCUT2D eigenvalue weighted by molar-refractivity contribution is -0.126. The molecule has 1 atom stereocenters. The third-order valence-corrected chi connectivity index (χ3v) is 6.46. The Kier molecular flexibility index (Phi) is 6.08. The quantitative estimate of drug-likeness (QED) is 0.427. The summed E-state index contributed by atoms with van der Waals surface area (Å²) < 4.78 is 5.61. The Morgan fingerprint density at radius 1 is 1.11 bits per heavy atom. The Bertz CT molecular complexity index is 1260. The monoisotopic (exact) mass is 472 g/mol. The lowest BCUT2D eigenvalue weighted by atomic mass is 9.83. The van der Waals surface area contributed by atoms with Crippen molar-refractivity contribution < 1.29 is 14.3 Å². The van der Waals surface area contributed by atoms with E-state index in [4.69, 9.17) is 4.74 Å². The predicted octanol–water partition coefficient (Wildman–Crippen LogP) is 4.10. The van der Waals surface area contributed by atoms with Crippen molar-refractivity contribution in [2.24, 2.45) is 0 Å². The molecular formula is C26H28N6O3. The van der Waals surface area contributed by atoms with Gasteiger partial charge in [-0.1, -0.05) is 6.07 Å². The first-order chi connectivity index (χ1) is 16.9. The summed E-state index contributed by atoms with van der Waals surface area (Å²) in [6, 6.07) is 12.9. The largest absolute Gasteiger partial charge is 0.376 e. The summed E-state index contributed by atoms with van der Waals surface area (Å²) in [6.45, 7) is 5.02. The molecule has 9 nitrogen and oxygen atoms in total. The average Bonchev–Trinajstić information content (AvgIpc) is 3.33. The fourth-order valence-corrected chi connectivity index (χ4v) is 4.28. The summed E-state index contributed by atoms with van der Waals surface area (Å²) in [5, 5.41) is 12.6. The van der Waals surface area contributed by atoms with Gasteiger partial charge in [-0.2, -0.15) is 0 Å². The molecule has 2 aromatic carbocycles. The Morgan fingerprint density at radius 2 is 2.00 bits per heavy atom. The van der Waals surface area contributed by atoms with E-state index in [-0.39, 0.29) is 17.9 Å². The summed E-state index contributed by atoms with van der Waals surface area (Å²) in [5.41, 5.74) is 3.36. The van der Waals surface area contributed by atoms with Gasteiger partial charge in [0.25, 0.3) is 5.91 Å². The average molecular weight is 473 g/mol. The summed E-state index contributed by atoms with van der Waals surface area (Å²) in [7, 11) is 0. The number of rotatable bonds is 6. The first kappa shape index (κ1) is 22.8. The number of nitrogens with zero attached hydrogens (tertiary/aromatic N) is 2. The Labute approximate surface area is 203 Å². The highest BCUT2D eigenvalue weighted by atomic mass is 16.5. The van der Waals surface area contributed by atoms with Gasteiger partial charge >= 0.3 is 0 Å². The molecule has 35 heavy (non-hydrogen) atoms. The van der Waals surface area contributed by atoms with Crippen molar-refractivity contribution in [1.82, 2.24) is 15.3 Å². The third-order valence-electron chi connectivity index (χ3n) is 6.46. The number of amides is 2. The maximum Gasteiger partial charge on any atom is 0.257 e. The molecule has 1 aromatic heterocycles. The first-order valence-electron chi connectivity index (χ1n) is 11.7. The third kappa shape index (κ3) is 4.81. The highest BCUT2D eigenvalue weighted by molar-refractivity contribution is 6.12. The van der Waals surface area contributed by atoms with E-state index in [0.717, 1.165) is 36.4 Å². The van der Waals surface area contributed by atoms with Crippen LogP contribution in [0.2, 0.25) is 0 Å². The smallest absolute Gasteiger partial charge is 0.257 e. The van der Waals surface area contributed by atoms with Crippen LogP contribution in [0.5, 0.6) is 0 Å². The number of fused-ring (bicyclic) bond motifs is 2. The predicted molar refractivity (Wildman–Crippen MR) is 134 cm³/mol. The number of carbonyl (C=O) groups excluding carboxylic acids is 2. The van der Waals surface area contributed by atoms with E-state index < -0.39 is 5.41 Å². The SMILES string of the molecule is CC(C)(C(=O)NCC1CCCO1)c1ccc2c(c1)NC(=O)c1ccc(Nc3ccncn3)cc1N2. The maximum atomic E-state index is 13.0. The van der Waals surface area contributed by atoms with Crippen LogP contribution in [0.15, 0.2) is 55.0 Å². The van der Waals surface area contributed by atoms with Crippen LogP contribution in [-0.4, -0.2) is 41.0 Å². The van der Waals surface area contributed by atoms with Gasteiger partial charge in [0.1, 0.15) is 12.1 Å². The Hall–Kier alpha value is -3.98. The minimum Gasteiger partial charge on any atom is -0.376 e. The number of benzene rings is 2. The Morgan fingerprint density at radius 3 is 2.77 bits per heavy atom. The van der Waals surface area contributed by atoms with Gasteiger partial charge in [-0.05, 0) is 68.7 Å². The van der Waals surface area contributed by atoms with Gasteiger partial charge in [0.15, 0.2) is 0 Å². The van der Waals surface area contributed by atoms with Crippen molar-refractivity contribution in [3.63, 3.8) is 0 Å². The second-order valence-corrected chi connectivity index (χ2v) is 9.29. The summed E-state index contributed by atoms with van der Waals surface area (Å²) >= 11 is 0. The summed E-state index contributed by atoms with van der Waals surface area (Å²) in [4.78, 5) is 34.1. The van der Waals surface area contributed by atoms with E-state index in [1.807, 2.05) is 44.2 Å². The summed E-state index contributed by atoms with van der Waals surface area (Å²) in [5.74, 6) is 0.352. The van der Waals surface area contributed by atoms with Crippen LogP contribution < -0.4 is 21.3 Å². The molecular weight excluding hydrogens is 444 g/mol. The van der Waals surface area contributed by atoms with Crippen LogP contribution in [0.3, 0.4) is 0 Å². The van der Waals surface area contributed by atoms with Crippen molar-refractivity contribution in [2.75, 3.05) is 29.1 Å². The highest BCUT2D eigenvalue weighted by Gasteiger charge is 2.32. The van der Waals surface area contributed by atoms with Crippen molar-refractivity contribution in [3.05, 3.63) is 66.1 Å². The van der Waals surface area contributed by atoms with Crippen LogP contribution in [-0.2, 0) is 14.9 Å². The van der Waals surface area contributed by atoms with Crippen molar-refractivity contribution in [3.8, 4) is 0 Å². The molecule has 0 bridgehead atoms. The number of carbonyl (C=O) groups is 2. The van der Waals surface area contributed by atoms with Crippen LogP contribution in [0.4, 0.5) is 28.6 Å². The molecule has 2 aliphatic heterocycles. The molecule has 0 aliphatic carbocycles. The van der Waals surface area contributed by atoms with Gasteiger partial charge in [0.05, 0.1) is 34.1 Å². The standard InChI is InChI=1S/C26H28N6O3/c1-26(2,25(34)28-14-18-4-3-11-35-18)16-5-8-20-22(12-16)32-24(33)19-7-6-17(13-21(19)31-20)30-23-9-10-27-15-29-23/h5-10,12-13,15,18,31H,3-4,11,14H2,1-2H3,(H,28,34)(H,32,33)(H,27,29,30). The van der Waals surface area contributed by atoms with E-state index >= 15 is 0 Å². The van der Waals surface area contributed by atoms with Crippen LogP contribution >= 0.6 is 0 Å². The Balaban J connectivity index is 1.36. The zero-order valence-electron chi connectivity index (χ0n) is 19.7. The van der Waals surface area contributed by atoms with Gasteiger partial charge in [0.2, 0.25) is 5.91 Å². The van der Waals surface area contributed by atoms with E-state index in [9.17, 15) is 9.59 Å². The van der Waals surface area contributed by atoms with E-state index in [0.29, 0.717) is 29.3 Å². The zero-order valence-corrected chi connectivity index (χ0v) is 19.7. The van der Waals surface area contributed by atoms with Crippen LogP contribution in [0.25, 0.3) is 0 Å². The second-order valence-electron chi connectivity index (χ2n) is 9.29. The minimum atomic E-state index is -0.786. The highest BCUT2D eigenvalue weighted by Crippen LogP contribution is 2.37. The van der Waals surface area contributed by atoms with E-state index in [1.54, 1.807) is 18.3 Å². The van der Waals surface area contributed by atoms with E-state index in [2.05, 4.69) is 31.2 Å². The molecule has 1 saturated heterocycles. The molecule has 3 aromatic rings. The molecule has 1 fully saturated rings. The van der Waals surface area contributed by atoms with Crippen molar-refractivity contribution >= 4 is 40.4 Å². The molecule has 4 N–H and O–H groups in total. The maximum absolute atomic E-state index is 13.0. The molecule has 1 unspecified atom stereocenters. The molecule has 2 amide bonds. The van der Waals surface area contributed by atoms with Gasteiger partial charge < -0.3 is 26.0 Å². The zero-order chi connectivity index (χ0) is 24.4. The molecule has 2 aliphatic rings. The molecule has 3 heterocycles. The number of hydrogen-bond donors (Lipinski definition) is 4. The molecule has 0 radical (unpaired) electrons. The van der Waals surface area contributed by atoms with Gasteiger partial charge in [-0.3, -0.25) is 9.59 Å².